The van der Waals surface area contributed by atoms with E-state index in [1.54, 1.807) is 18.2 Å². The molecule has 2 N–H and O–H groups in total. The molecule has 0 bridgehead atoms. The molecule has 0 spiro atoms. The molecule has 2 aromatic rings. The second kappa shape index (κ2) is 6.68. The van der Waals surface area contributed by atoms with E-state index >= 15 is 0 Å². The van der Waals surface area contributed by atoms with E-state index in [0.717, 1.165) is 10.5 Å². The van der Waals surface area contributed by atoms with Gasteiger partial charge in [-0.25, -0.2) is 4.79 Å². The molecule has 0 aromatic heterocycles. The number of esters is 1. The van der Waals surface area contributed by atoms with Crippen molar-refractivity contribution in [2.45, 2.75) is 10.6 Å². The molecule has 5 heteroatoms. The molecule has 0 aliphatic carbocycles. The summed E-state index contributed by atoms with van der Waals surface area (Å²) in [6.45, 7) is 0. The zero-order valence-electron chi connectivity index (χ0n) is 10.9. The number of benzene rings is 2. The lowest BCUT2D eigenvalue weighted by molar-refractivity contribution is 0.0597. The van der Waals surface area contributed by atoms with Crippen LogP contribution in [0, 0.1) is 0 Å². The maximum atomic E-state index is 11.7. The molecular formula is C15H14ClNO2S. The van der Waals surface area contributed by atoms with E-state index in [4.69, 9.17) is 22.1 Å². The minimum atomic E-state index is -0.390. The normalized spacial score (nSPS) is 10.3. The van der Waals surface area contributed by atoms with Gasteiger partial charge in [-0.1, -0.05) is 35.9 Å². The van der Waals surface area contributed by atoms with E-state index < -0.39 is 0 Å². The van der Waals surface area contributed by atoms with Gasteiger partial charge in [0.05, 0.1) is 12.7 Å². The summed E-state index contributed by atoms with van der Waals surface area (Å²) in [5.74, 6) is 0.247. The molecule has 104 valence electrons. The van der Waals surface area contributed by atoms with Crippen molar-refractivity contribution in [2.75, 3.05) is 12.8 Å². The number of nitrogen functional groups attached to an aromatic ring is 1. The van der Waals surface area contributed by atoms with E-state index in [2.05, 4.69) is 0 Å². The molecule has 2 rings (SSSR count). The Balaban J connectivity index is 2.25. The summed E-state index contributed by atoms with van der Waals surface area (Å²) in [5, 5.41) is 0.703. The van der Waals surface area contributed by atoms with Gasteiger partial charge in [-0.15, -0.1) is 11.8 Å². The average Bonchev–Trinajstić information content (AvgIpc) is 2.46. The Morgan fingerprint density at radius 2 is 2.00 bits per heavy atom. The highest BCUT2D eigenvalue weighted by Gasteiger charge is 2.15. The third kappa shape index (κ3) is 3.26. The Labute approximate surface area is 127 Å². The number of hydrogen-bond donors (Lipinski definition) is 1. The topological polar surface area (TPSA) is 52.3 Å². The van der Waals surface area contributed by atoms with Gasteiger partial charge in [0.25, 0.3) is 0 Å². The van der Waals surface area contributed by atoms with Crippen molar-refractivity contribution in [2.24, 2.45) is 0 Å². The molecule has 0 heterocycles. The maximum Gasteiger partial charge on any atom is 0.339 e. The molecule has 2 aromatic carbocycles. The molecule has 3 nitrogen and oxygen atoms in total. The van der Waals surface area contributed by atoms with Crippen LogP contribution in [0.25, 0.3) is 0 Å². The second-order valence-corrected chi connectivity index (χ2v) is 5.49. The Hall–Kier alpha value is -1.65. The number of carbonyl (C=O) groups is 1. The number of carbonyl (C=O) groups excluding carboxylic acids is 1. The number of rotatable bonds is 4. The highest BCUT2D eigenvalue weighted by Crippen LogP contribution is 2.33. The summed E-state index contributed by atoms with van der Waals surface area (Å²) in [6.07, 6.45) is 0. The minimum absolute atomic E-state index is 0.390. The monoisotopic (exact) mass is 307 g/mol. The molecule has 20 heavy (non-hydrogen) atoms. The third-order valence-electron chi connectivity index (χ3n) is 2.78. The molecule has 0 saturated heterocycles. The largest absolute Gasteiger partial charge is 0.465 e. The van der Waals surface area contributed by atoms with Gasteiger partial charge in [-0.3, -0.25) is 0 Å². The number of ether oxygens (including phenoxy) is 1. The van der Waals surface area contributed by atoms with Gasteiger partial charge in [-0.2, -0.15) is 0 Å². The molecule has 0 unspecified atom stereocenters. The lowest BCUT2D eigenvalue weighted by Crippen LogP contribution is -2.05. The van der Waals surface area contributed by atoms with Crippen LogP contribution in [0.2, 0.25) is 5.02 Å². The quantitative estimate of drug-likeness (QED) is 0.527. The summed E-state index contributed by atoms with van der Waals surface area (Å²) in [4.78, 5) is 12.5. The van der Waals surface area contributed by atoms with Crippen molar-refractivity contribution < 1.29 is 9.53 Å². The first-order valence-corrected chi connectivity index (χ1v) is 7.33. The van der Waals surface area contributed by atoms with Gasteiger partial charge in [0.1, 0.15) is 0 Å². The second-order valence-electron chi connectivity index (χ2n) is 4.10. The van der Waals surface area contributed by atoms with Crippen LogP contribution >= 0.6 is 23.4 Å². The lowest BCUT2D eigenvalue weighted by Gasteiger charge is -2.11. The van der Waals surface area contributed by atoms with Crippen molar-refractivity contribution in [1.82, 2.24) is 0 Å². The molecule has 0 amide bonds. The number of methoxy groups -OCH3 is 1. The average molecular weight is 308 g/mol. The molecule has 0 aliphatic rings. The van der Waals surface area contributed by atoms with Crippen LogP contribution < -0.4 is 5.73 Å². The van der Waals surface area contributed by atoms with Gasteiger partial charge in [0, 0.05) is 21.4 Å². The van der Waals surface area contributed by atoms with Crippen molar-refractivity contribution in [3.63, 3.8) is 0 Å². The van der Waals surface area contributed by atoms with Crippen molar-refractivity contribution in [3.8, 4) is 0 Å². The number of halogens is 1. The van der Waals surface area contributed by atoms with Gasteiger partial charge >= 0.3 is 5.97 Å². The summed E-state index contributed by atoms with van der Waals surface area (Å²) >= 11 is 7.60. The zero-order chi connectivity index (χ0) is 14.5. The van der Waals surface area contributed by atoms with Crippen LogP contribution in [0.15, 0.2) is 47.4 Å². The standard InChI is InChI=1S/C15H14ClNO2S/c1-19-15(18)11-6-4-8-13(17)14(11)20-9-10-5-2-3-7-12(10)16/h2-8H,9,17H2,1H3. The molecule has 0 aliphatic heterocycles. The SMILES string of the molecule is COC(=O)c1cccc(N)c1SCc1ccccc1Cl. The van der Waals surface area contributed by atoms with Crippen molar-refractivity contribution >= 4 is 35.0 Å². The molecule has 0 fully saturated rings. The van der Waals surface area contributed by atoms with Crippen LogP contribution in [-0.4, -0.2) is 13.1 Å². The summed E-state index contributed by atoms with van der Waals surface area (Å²) < 4.78 is 4.77. The molecular weight excluding hydrogens is 294 g/mol. The first kappa shape index (κ1) is 14.8. The lowest BCUT2D eigenvalue weighted by atomic mass is 10.2. The van der Waals surface area contributed by atoms with Crippen LogP contribution in [0.3, 0.4) is 0 Å². The van der Waals surface area contributed by atoms with Crippen molar-refractivity contribution in [3.05, 3.63) is 58.6 Å². The van der Waals surface area contributed by atoms with E-state index in [1.165, 1.54) is 18.9 Å². The van der Waals surface area contributed by atoms with Crippen LogP contribution in [-0.2, 0) is 10.5 Å². The third-order valence-corrected chi connectivity index (χ3v) is 4.35. The van der Waals surface area contributed by atoms with E-state index in [1.807, 2.05) is 24.3 Å². The molecule has 0 saturated carbocycles. The Morgan fingerprint density at radius 3 is 2.70 bits per heavy atom. The molecule has 0 atom stereocenters. The van der Waals surface area contributed by atoms with E-state index in [0.29, 0.717) is 22.0 Å². The van der Waals surface area contributed by atoms with Crippen LogP contribution in [0.4, 0.5) is 5.69 Å². The smallest absolute Gasteiger partial charge is 0.339 e. The Bertz CT molecular complexity index is 631. The summed E-state index contributed by atoms with van der Waals surface area (Å²) in [5.41, 5.74) is 7.99. The van der Waals surface area contributed by atoms with Gasteiger partial charge in [-0.05, 0) is 23.8 Å². The van der Waals surface area contributed by atoms with Crippen LogP contribution in [0.5, 0.6) is 0 Å². The van der Waals surface area contributed by atoms with E-state index in [-0.39, 0.29) is 5.97 Å². The predicted octanol–water partition coefficient (Wildman–Crippen LogP) is 4.00. The highest BCUT2D eigenvalue weighted by atomic mass is 35.5. The van der Waals surface area contributed by atoms with Crippen LogP contribution in [0.1, 0.15) is 15.9 Å². The minimum Gasteiger partial charge on any atom is -0.465 e. The molecule has 0 radical (unpaired) electrons. The fourth-order valence-corrected chi connectivity index (χ4v) is 3.13. The van der Waals surface area contributed by atoms with Crippen molar-refractivity contribution in [1.29, 1.82) is 0 Å². The maximum absolute atomic E-state index is 11.7. The number of thioether (sulfide) groups is 1. The predicted molar refractivity (Wildman–Crippen MR) is 83.2 cm³/mol. The number of nitrogens with two attached hydrogens (primary N) is 1. The first-order chi connectivity index (χ1) is 9.63. The fourth-order valence-electron chi connectivity index (χ4n) is 1.75. The van der Waals surface area contributed by atoms with E-state index in [9.17, 15) is 4.79 Å². The Morgan fingerprint density at radius 1 is 1.25 bits per heavy atom. The summed E-state index contributed by atoms with van der Waals surface area (Å²) in [6, 6.07) is 12.8. The van der Waals surface area contributed by atoms with Gasteiger partial charge in [0.15, 0.2) is 0 Å². The first-order valence-electron chi connectivity index (χ1n) is 5.96. The zero-order valence-corrected chi connectivity index (χ0v) is 12.5. The van der Waals surface area contributed by atoms with Gasteiger partial charge in [0.2, 0.25) is 0 Å². The number of anilines is 1. The Kier molecular flexibility index (Phi) is 4.93. The highest BCUT2D eigenvalue weighted by molar-refractivity contribution is 7.98. The summed E-state index contributed by atoms with van der Waals surface area (Å²) in [7, 11) is 1.36. The fraction of sp³-hybridized carbons (Fsp3) is 0.133. The number of hydrogen-bond acceptors (Lipinski definition) is 4. The van der Waals surface area contributed by atoms with Gasteiger partial charge < -0.3 is 10.5 Å².